The Morgan fingerprint density at radius 2 is 1.76 bits per heavy atom. The highest BCUT2D eigenvalue weighted by Crippen LogP contribution is 2.36. The molecule has 0 radical (unpaired) electrons. The highest BCUT2D eigenvalue weighted by Gasteiger charge is 2.41. The van der Waals surface area contributed by atoms with Crippen LogP contribution in [0.2, 0.25) is 0 Å². The highest BCUT2D eigenvalue weighted by molar-refractivity contribution is 5.94. The minimum atomic E-state index is -5.00. The van der Waals surface area contributed by atoms with E-state index in [1.165, 1.54) is 12.1 Å². The third-order valence-electron chi connectivity index (χ3n) is 8.99. The number of hydrogen-bond donors (Lipinski definition) is 0. The van der Waals surface area contributed by atoms with Crippen LogP contribution in [0.25, 0.3) is 27.5 Å². The molecule has 0 aliphatic carbocycles. The summed E-state index contributed by atoms with van der Waals surface area (Å²) in [6.07, 6.45) is -1.84. The monoisotopic (exact) mass is 635 g/mol. The molecule has 0 bridgehead atoms. The van der Waals surface area contributed by atoms with E-state index in [2.05, 4.69) is 26.4 Å². The van der Waals surface area contributed by atoms with Crippen molar-refractivity contribution in [2.45, 2.75) is 57.9 Å². The molecule has 3 atom stereocenters. The van der Waals surface area contributed by atoms with Crippen LogP contribution in [0.1, 0.15) is 38.1 Å². The topological polar surface area (TPSA) is 96.7 Å². The van der Waals surface area contributed by atoms with Crippen LogP contribution < -0.4 is 15.2 Å². The van der Waals surface area contributed by atoms with E-state index in [1.807, 2.05) is 27.0 Å². The molecule has 4 heterocycles. The third-order valence-corrected chi connectivity index (χ3v) is 8.99. The van der Waals surface area contributed by atoms with Crippen molar-refractivity contribution < 1.29 is 22.7 Å². The fraction of sp³-hybridized carbons (Fsp3) is 0.424. The van der Waals surface area contributed by atoms with Crippen molar-refractivity contribution in [3.8, 4) is 11.7 Å². The van der Waals surface area contributed by atoms with E-state index >= 15 is 0 Å². The number of aryl methyl sites for hydroxylation is 1. The van der Waals surface area contributed by atoms with Crippen molar-refractivity contribution in [1.29, 1.82) is 0 Å². The second-order valence-corrected chi connectivity index (χ2v) is 12.2. The number of rotatable bonds is 6. The van der Waals surface area contributed by atoms with Crippen molar-refractivity contribution in [3.63, 3.8) is 0 Å². The van der Waals surface area contributed by atoms with Gasteiger partial charge >= 0.3 is 12.2 Å². The summed E-state index contributed by atoms with van der Waals surface area (Å²) < 4.78 is 51.4. The number of fused-ring (bicyclic) bond motifs is 2. The van der Waals surface area contributed by atoms with E-state index in [0.29, 0.717) is 20.9 Å². The maximum absolute atomic E-state index is 14.9. The molecule has 242 valence electrons. The number of ether oxygens (including phenoxy) is 1. The molecule has 2 aliphatic rings. The molecule has 10 nitrogen and oxygen atoms in total. The lowest BCUT2D eigenvalue weighted by molar-refractivity contribution is -0.146. The Kier molecular flexibility index (Phi) is 8.21. The van der Waals surface area contributed by atoms with Crippen LogP contribution in [0.5, 0.6) is 6.01 Å². The lowest BCUT2D eigenvalue weighted by atomic mass is 10.0. The predicted molar refractivity (Wildman–Crippen MR) is 170 cm³/mol. The molecule has 4 aromatic rings. The first-order valence-corrected chi connectivity index (χ1v) is 15.3. The van der Waals surface area contributed by atoms with Gasteiger partial charge in [-0.3, -0.25) is 14.2 Å². The fourth-order valence-electron chi connectivity index (χ4n) is 6.79. The molecule has 0 spiro atoms. The van der Waals surface area contributed by atoms with Gasteiger partial charge in [-0.2, -0.15) is 23.1 Å². The second kappa shape index (κ2) is 12.0. The number of likely N-dealkylation sites (tertiary alicyclic amines) is 1. The van der Waals surface area contributed by atoms with Crippen LogP contribution >= 0.6 is 0 Å². The number of alkyl halides is 3. The van der Waals surface area contributed by atoms with E-state index in [1.54, 1.807) is 41.0 Å². The van der Waals surface area contributed by atoms with Crippen LogP contribution in [-0.2, 0) is 11.0 Å². The SMILES string of the molecule is C=CC(=O)N1C[C@H](C)N(c2nc(OCC3CCCN3C)nc3c(=O)n(-c4cccc5cccc(C)c45)c(C(F)(F)F)nc23)[C@@H](C)C1. The number of likely N-dealkylation sites (N-methyl/N-ethyl adjacent to an activating group) is 1. The number of benzene rings is 2. The van der Waals surface area contributed by atoms with Crippen molar-refractivity contribution in [2.24, 2.45) is 0 Å². The first-order valence-electron chi connectivity index (χ1n) is 15.3. The summed E-state index contributed by atoms with van der Waals surface area (Å²) in [7, 11) is 1.99. The molecule has 1 unspecified atom stereocenters. The minimum absolute atomic E-state index is 0.0503. The van der Waals surface area contributed by atoms with Crippen LogP contribution in [0.3, 0.4) is 0 Å². The number of halogens is 3. The number of anilines is 1. The molecule has 1 amide bonds. The van der Waals surface area contributed by atoms with Crippen LogP contribution in [0.4, 0.5) is 19.0 Å². The van der Waals surface area contributed by atoms with Gasteiger partial charge in [-0.25, -0.2) is 4.98 Å². The Balaban J connectivity index is 1.60. The van der Waals surface area contributed by atoms with E-state index in [-0.39, 0.29) is 72.3 Å². The maximum atomic E-state index is 14.9. The number of carbonyl (C=O) groups is 1. The molecule has 0 N–H and O–H groups in total. The maximum Gasteiger partial charge on any atom is 0.450 e. The van der Waals surface area contributed by atoms with Crippen molar-refractivity contribution in [1.82, 2.24) is 29.3 Å². The summed E-state index contributed by atoms with van der Waals surface area (Å²) in [6, 6.07) is 9.45. The molecule has 0 saturated carbocycles. The number of amides is 1. The van der Waals surface area contributed by atoms with E-state index in [0.717, 1.165) is 19.4 Å². The van der Waals surface area contributed by atoms with Crippen LogP contribution in [-0.4, -0.2) is 86.6 Å². The second-order valence-electron chi connectivity index (χ2n) is 12.2. The van der Waals surface area contributed by atoms with Gasteiger partial charge in [0.15, 0.2) is 11.3 Å². The molecule has 13 heteroatoms. The quantitative estimate of drug-likeness (QED) is 0.281. The summed E-state index contributed by atoms with van der Waals surface area (Å²) in [5.41, 5.74) is -0.799. The molecule has 2 aromatic heterocycles. The van der Waals surface area contributed by atoms with Gasteiger partial charge in [-0.05, 0) is 70.3 Å². The Morgan fingerprint density at radius 3 is 2.39 bits per heavy atom. The lowest BCUT2D eigenvalue weighted by Crippen LogP contribution is -2.58. The number of nitrogens with zero attached hydrogens (tertiary/aromatic N) is 7. The molecule has 2 aliphatic heterocycles. The number of hydrogen-bond acceptors (Lipinski definition) is 8. The van der Waals surface area contributed by atoms with Gasteiger partial charge in [0.25, 0.3) is 5.56 Å². The summed E-state index contributed by atoms with van der Waals surface area (Å²) in [5, 5.41) is 1.18. The Bertz CT molecular complexity index is 1880. The van der Waals surface area contributed by atoms with Crippen molar-refractivity contribution in [3.05, 3.63) is 70.8 Å². The average Bonchev–Trinajstić information content (AvgIpc) is 3.43. The van der Waals surface area contributed by atoms with Gasteiger partial charge in [0.1, 0.15) is 12.1 Å². The van der Waals surface area contributed by atoms with E-state index in [4.69, 9.17) is 4.74 Å². The van der Waals surface area contributed by atoms with Gasteiger partial charge in [0.2, 0.25) is 11.7 Å². The predicted octanol–water partition coefficient (Wildman–Crippen LogP) is 4.74. The molecule has 2 saturated heterocycles. The first kappa shape index (κ1) is 31.5. The normalized spacial score (nSPS) is 20.9. The van der Waals surface area contributed by atoms with Gasteiger partial charge in [-0.15, -0.1) is 0 Å². The first-order chi connectivity index (χ1) is 21.9. The van der Waals surface area contributed by atoms with Gasteiger partial charge in [-0.1, -0.05) is 36.9 Å². The molecule has 2 aromatic carbocycles. The van der Waals surface area contributed by atoms with Crippen LogP contribution in [0.15, 0.2) is 53.8 Å². The Morgan fingerprint density at radius 1 is 1.07 bits per heavy atom. The molecular weight excluding hydrogens is 599 g/mol. The molecular formula is C33H36F3N7O3. The number of piperazine rings is 1. The average molecular weight is 636 g/mol. The van der Waals surface area contributed by atoms with Crippen molar-refractivity contribution >= 4 is 33.5 Å². The Labute approximate surface area is 264 Å². The largest absolute Gasteiger partial charge is 0.462 e. The smallest absolute Gasteiger partial charge is 0.450 e. The summed E-state index contributed by atoms with van der Waals surface area (Å²) in [5.74, 6) is -1.58. The summed E-state index contributed by atoms with van der Waals surface area (Å²) in [4.78, 5) is 45.6. The summed E-state index contributed by atoms with van der Waals surface area (Å²) in [6.45, 7) is 10.7. The van der Waals surface area contributed by atoms with E-state index < -0.39 is 17.6 Å². The third kappa shape index (κ3) is 5.57. The van der Waals surface area contributed by atoms with Crippen LogP contribution in [0, 0.1) is 6.92 Å². The highest BCUT2D eigenvalue weighted by atomic mass is 19.4. The fourth-order valence-corrected chi connectivity index (χ4v) is 6.79. The number of aromatic nitrogens is 4. The molecule has 46 heavy (non-hydrogen) atoms. The Hall–Kier alpha value is -4.52. The van der Waals surface area contributed by atoms with Gasteiger partial charge in [0, 0.05) is 36.6 Å². The zero-order valence-corrected chi connectivity index (χ0v) is 26.2. The van der Waals surface area contributed by atoms with Gasteiger partial charge < -0.3 is 19.4 Å². The standard InChI is InChI=1S/C33H36F3N7O3/c1-6-25(44)41-16-20(3)42(21(4)17-41)29-27-28(38-32(39-29)46-18-23-13-9-15-40(23)5)30(45)43(31(37-27)33(34,35)36)24-14-8-12-22-11-7-10-19(2)26(22)24/h6-8,10-12,14,20-21,23H,1,9,13,15-18H2,2-5H3/t20-,21-,23?/m0/s1. The zero-order chi connectivity index (χ0) is 32.9. The summed E-state index contributed by atoms with van der Waals surface area (Å²) >= 11 is 0. The molecule has 2 fully saturated rings. The lowest BCUT2D eigenvalue weighted by Gasteiger charge is -2.45. The zero-order valence-electron chi connectivity index (χ0n) is 26.2. The van der Waals surface area contributed by atoms with Crippen molar-refractivity contribution in [2.75, 3.05) is 38.2 Å². The van der Waals surface area contributed by atoms with Gasteiger partial charge in [0.05, 0.1) is 5.69 Å². The number of carbonyl (C=O) groups excluding carboxylic acids is 1. The minimum Gasteiger partial charge on any atom is -0.462 e. The molecule has 6 rings (SSSR count). The van der Waals surface area contributed by atoms with E-state index in [9.17, 15) is 22.8 Å².